The summed E-state index contributed by atoms with van der Waals surface area (Å²) in [7, 11) is 1.66. The molecule has 2 N–H and O–H groups in total. The molecule has 1 heterocycles. The van der Waals surface area contributed by atoms with Crippen molar-refractivity contribution < 1.29 is 9.53 Å². The molecule has 0 aromatic carbocycles. The highest BCUT2D eigenvalue weighted by atomic mass is 32.2. The Balaban J connectivity index is 2.12. The van der Waals surface area contributed by atoms with E-state index in [-0.39, 0.29) is 11.5 Å². The quantitative estimate of drug-likeness (QED) is 0.748. The van der Waals surface area contributed by atoms with Crippen molar-refractivity contribution in [3.8, 4) is 0 Å². The fourth-order valence-corrected chi connectivity index (χ4v) is 2.65. The Bertz CT molecular complexity index is 241. The van der Waals surface area contributed by atoms with Crippen molar-refractivity contribution in [2.45, 2.75) is 37.5 Å². The molecule has 0 bridgehead atoms. The number of piperidine rings is 1. The molecule has 1 fully saturated rings. The van der Waals surface area contributed by atoms with Gasteiger partial charge in [-0.05, 0) is 39.8 Å². The van der Waals surface area contributed by atoms with Gasteiger partial charge in [0.1, 0.15) is 0 Å². The van der Waals surface area contributed by atoms with E-state index in [2.05, 4.69) is 10.6 Å². The van der Waals surface area contributed by atoms with Crippen LogP contribution in [0.25, 0.3) is 0 Å². The second-order valence-corrected chi connectivity index (χ2v) is 6.29. The Morgan fingerprint density at radius 3 is 2.71 bits per heavy atom. The van der Waals surface area contributed by atoms with E-state index >= 15 is 0 Å². The zero-order valence-corrected chi connectivity index (χ0v) is 11.9. The zero-order valence-electron chi connectivity index (χ0n) is 11.0. The summed E-state index contributed by atoms with van der Waals surface area (Å²) in [6, 6.07) is 0. The number of hydrogen-bond acceptors (Lipinski definition) is 4. The van der Waals surface area contributed by atoms with Gasteiger partial charge < -0.3 is 15.4 Å². The van der Waals surface area contributed by atoms with Crippen molar-refractivity contribution in [2.24, 2.45) is 0 Å². The molecule has 0 unspecified atom stereocenters. The minimum Gasteiger partial charge on any atom is -0.377 e. The Morgan fingerprint density at radius 1 is 1.47 bits per heavy atom. The lowest BCUT2D eigenvalue weighted by Gasteiger charge is -2.24. The van der Waals surface area contributed by atoms with Gasteiger partial charge in [0.05, 0.1) is 11.4 Å². The molecule has 0 aromatic rings. The van der Waals surface area contributed by atoms with Crippen molar-refractivity contribution in [2.75, 3.05) is 32.5 Å². The zero-order chi connectivity index (χ0) is 12.7. The Kier molecular flexibility index (Phi) is 6.30. The molecule has 1 amide bonds. The average Bonchev–Trinajstić information content (AvgIpc) is 2.35. The number of amides is 1. The molecule has 0 spiro atoms. The van der Waals surface area contributed by atoms with Gasteiger partial charge in [0.15, 0.2) is 0 Å². The smallest absolute Gasteiger partial charge is 0.230 e. The van der Waals surface area contributed by atoms with E-state index in [0.29, 0.717) is 17.5 Å². The van der Waals surface area contributed by atoms with Crippen LogP contribution in [0, 0.1) is 0 Å². The number of carbonyl (C=O) groups is 1. The van der Waals surface area contributed by atoms with E-state index < -0.39 is 0 Å². The van der Waals surface area contributed by atoms with Crippen LogP contribution in [0.3, 0.4) is 0 Å². The lowest BCUT2D eigenvalue weighted by molar-refractivity contribution is -0.119. The van der Waals surface area contributed by atoms with E-state index in [9.17, 15) is 4.79 Å². The molecule has 1 rings (SSSR count). The van der Waals surface area contributed by atoms with Crippen LogP contribution in [0.5, 0.6) is 0 Å². The predicted molar refractivity (Wildman–Crippen MR) is 72.4 cm³/mol. The molecule has 0 aromatic heterocycles. The number of rotatable bonds is 6. The standard InChI is InChI=1S/C12H24N2O2S/c1-12(2,16-3)9-14-11(15)8-17-10-4-6-13-7-5-10/h10,13H,4-9H2,1-3H3,(H,14,15). The van der Waals surface area contributed by atoms with Gasteiger partial charge in [-0.3, -0.25) is 4.79 Å². The van der Waals surface area contributed by atoms with Crippen molar-refractivity contribution >= 4 is 17.7 Å². The molecular weight excluding hydrogens is 236 g/mol. The maximum absolute atomic E-state index is 11.6. The molecule has 0 saturated carbocycles. The fourth-order valence-electron chi connectivity index (χ4n) is 1.59. The van der Waals surface area contributed by atoms with Gasteiger partial charge >= 0.3 is 0 Å². The molecule has 17 heavy (non-hydrogen) atoms. The molecule has 0 radical (unpaired) electrons. The number of nitrogens with one attached hydrogen (secondary N) is 2. The third kappa shape index (κ3) is 6.29. The minimum atomic E-state index is -0.283. The van der Waals surface area contributed by atoms with E-state index in [1.807, 2.05) is 13.8 Å². The third-order valence-corrected chi connectivity index (χ3v) is 4.37. The molecular formula is C12H24N2O2S. The van der Waals surface area contributed by atoms with Gasteiger partial charge in [-0.25, -0.2) is 0 Å². The van der Waals surface area contributed by atoms with Crippen molar-refractivity contribution in [1.29, 1.82) is 0 Å². The summed E-state index contributed by atoms with van der Waals surface area (Å²) < 4.78 is 5.25. The first kappa shape index (κ1) is 14.8. The average molecular weight is 260 g/mol. The van der Waals surface area contributed by atoms with Crippen LogP contribution < -0.4 is 10.6 Å². The number of hydrogen-bond donors (Lipinski definition) is 2. The van der Waals surface area contributed by atoms with Gasteiger partial charge in [0.2, 0.25) is 5.91 Å². The summed E-state index contributed by atoms with van der Waals surface area (Å²) >= 11 is 1.77. The van der Waals surface area contributed by atoms with Crippen molar-refractivity contribution in [3.63, 3.8) is 0 Å². The molecule has 100 valence electrons. The van der Waals surface area contributed by atoms with Crippen LogP contribution in [0.4, 0.5) is 0 Å². The molecule has 4 nitrogen and oxygen atoms in total. The summed E-state index contributed by atoms with van der Waals surface area (Å²) in [5, 5.41) is 6.87. The molecule has 1 saturated heterocycles. The van der Waals surface area contributed by atoms with Crippen molar-refractivity contribution in [1.82, 2.24) is 10.6 Å². The fraction of sp³-hybridized carbons (Fsp3) is 0.917. The molecule has 0 aliphatic carbocycles. The maximum atomic E-state index is 11.6. The van der Waals surface area contributed by atoms with Gasteiger partial charge in [-0.1, -0.05) is 0 Å². The molecule has 0 atom stereocenters. The maximum Gasteiger partial charge on any atom is 0.230 e. The highest BCUT2D eigenvalue weighted by Gasteiger charge is 2.18. The Morgan fingerprint density at radius 2 is 2.12 bits per heavy atom. The van der Waals surface area contributed by atoms with Gasteiger partial charge in [0.25, 0.3) is 0 Å². The highest BCUT2D eigenvalue weighted by Crippen LogP contribution is 2.19. The van der Waals surface area contributed by atoms with Crippen LogP contribution >= 0.6 is 11.8 Å². The summed E-state index contributed by atoms with van der Waals surface area (Å²) in [5.41, 5.74) is -0.283. The second-order valence-electron chi connectivity index (χ2n) is 5.00. The summed E-state index contributed by atoms with van der Waals surface area (Å²) in [4.78, 5) is 11.6. The summed E-state index contributed by atoms with van der Waals surface area (Å²) in [6.45, 7) is 6.65. The van der Waals surface area contributed by atoms with E-state index in [0.717, 1.165) is 13.1 Å². The predicted octanol–water partition coefficient (Wildman–Crippen LogP) is 1.01. The first-order chi connectivity index (χ1) is 8.03. The summed E-state index contributed by atoms with van der Waals surface area (Å²) in [5.74, 6) is 0.670. The van der Waals surface area contributed by atoms with Crippen LogP contribution in [-0.2, 0) is 9.53 Å². The second kappa shape index (κ2) is 7.24. The number of ether oxygens (including phenoxy) is 1. The lowest BCUT2D eigenvalue weighted by atomic mass is 10.1. The van der Waals surface area contributed by atoms with E-state index in [1.54, 1.807) is 18.9 Å². The van der Waals surface area contributed by atoms with E-state index in [4.69, 9.17) is 4.74 Å². The first-order valence-corrected chi connectivity index (χ1v) is 7.22. The first-order valence-electron chi connectivity index (χ1n) is 6.18. The van der Waals surface area contributed by atoms with Crippen LogP contribution in [-0.4, -0.2) is 49.3 Å². The third-order valence-electron chi connectivity index (χ3n) is 3.00. The highest BCUT2D eigenvalue weighted by molar-refractivity contribution is 8.00. The van der Waals surface area contributed by atoms with E-state index in [1.165, 1.54) is 12.8 Å². The number of methoxy groups -OCH3 is 1. The van der Waals surface area contributed by atoms with Crippen LogP contribution in [0.2, 0.25) is 0 Å². The summed E-state index contributed by atoms with van der Waals surface area (Å²) in [6.07, 6.45) is 2.34. The monoisotopic (exact) mass is 260 g/mol. The van der Waals surface area contributed by atoms with Gasteiger partial charge in [-0.2, -0.15) is 0 Å². The Labute approximate surface area is 108 Å². The molecule has 5 heteroatoms. The topological polar surface area (TPSA) is 50.4 Å². The normalized spacial score (nSPS) is 18.1. The molecule has 1 aliphatic heterocycles. The van der Waals surface area contributed by atoms with Crippen molar-refractivity contribution in [3.05, 3.63) is 0 Å². The lowest BCUT2D eigenvalue weighted by Crippen LogP contribution is -2.40. The SMILES string of the molecule is COC(C)(C)CNC(=O)CSC1CCNCC1. The minimum absolute atomic E-state index is 0.110. The van der Waals surface area contributed by atoms with Gasteiger partial charge in [-0.15, -0.1) is 11.8 Å². The van der Waals surface area contributed by atoms with Crippen LogP contribution in [0.1, 0.15) is 26.7 Å². The van der Waals surface area contributed by atoms with Gasteiger partial charge in [0, 0.05) is 18.9 Å². The largest absolute Gasteiger partial charge is 0.377 e. The number of thioether (sulfide) groups is 1. The number of carbonyl (C=O) groups excluding carboxylic acids is 1. The Hall–Kier alpha value is -0.260. The van der Waals surface area contributed by atoms with Crippen LogP contribution in [0.15, 0.2) is 0 Å². The molecule has 1 aliphatic rings.